The Kier molecular flexibility index (Phi) is 4.51. The van der Waals surface area contributed by atoms with Crippen molar-refractivity contribution in [2.24, 2.45) is 0 Å². The van der Waals surface area contributed by atoms with Crippen LogP contribution in [0.2, 0.25) is 0 Å². The highest BCUT2D eigenvalue weighted by Crippen LogP contribution is 2.44. The zero-order valence-corrected chi connectivity index (χ0v) is 18.5. The molecule has 2 aliphatic rings. The molecule has 2 aromatic carbocycles. The van der Waals surface area contributed by atoms with Crippen LogP contribution in [0.15, 0.2) is 69.9 Å². The highest BCUT2D eigenvalue weighted by Gasteiger charge is 2.35. The molecule has 8 heteroatoms. The third kappa shape index (κ3) is 3.02. The number of carbonyl (C=O) groups excluding carboxylic acids is 2. The van der Waals surface area contributed by atoms with Crippen LogP contribution in [-0.4, -0.2) is 32.1 Å². The van der Waals surface area contributed by atoms with E-state index < -0.39 is 0 Å². The van der Waals surface area contributed by atoms with E-state index in [0.717, 1.165) is 18.4 Å². The Balaban J connectivity index is 1.42. The standard InChI is InChI=1S/C24H17N3O3S2/c28-21-16-8-4-5-9-17(16)22(29)26(21)13-32-24-25-20-19(18(12-31-20)14-10-11-14)23(30)27(24)15-6-2-1-3-7-15/h1-9,12,14H,10-11,13H2. The summed E-state index contributed by atoms with van der Waals surface area (Å²) in [7, 11) is 0. The Hall–Kier alpha value is -3.23. The smallest absolute Gasteiger partial charge is 0.267 e. The van der Waals surface area contributed by atoms with Crippen LogP contribution in [-0.2, 0) is 0 Å². The van der Waals surface area contributed by atoms with Gasteiger partial charge in [-0.1, -0.05) is 42.1 Å². The molecule has 1 fully saturated rings. The average molecular weight is 460 g/mol. The maximum Gasteiger partial charge on any atom is 0.267 e. The average Bonchev–Trinajstić information content (AvgIpc) is 3.53. The minimum Gasteiger partial charge on any atom is -0.269 e. The van der Waals surface area contributed by atoms with Crippen molar-refractivity contribution in [3.05, 3.63) is 87.0 Å². The third-order valence-corrected chi connectivity index (χ3v) is 7.65. The van der Waals surface area contributed by atoms with Crippen LogP contribution >= 0.6 is 23.1 Å². The van der Waals surface area contributed by atoms with E-state index in [-0.39, 0.29) is 23.3 Å². The Morgan fingerprint density at radius 1 is 0.938 bits per heavy atom. The van der Waals surface area contributed by atoms with Gasteiger partial charge in [0.15, 0.2) is 5.16 Å². The fourth-order valence-corrected chi connectivity index (χ4v) is 6.09. The van der Waals surface area contributed by atoms with E-state index in [2.05, 4.69) is 0 Å². The molecule has 0 unspecified atom stereocenters. The van der Waals surface area contributed by atoms with Crippen LogP contribution in [0.25, 0.3) is 15.9 Å². The van der Waals surface area contributed by atoms with Crippen molar-refractivity contribution >= 4 is 45.1 Å². The van der Waals surface area contributed by atoms with Crippen LogP contribution in [0.4, 0.5) is 0 Å². The lowest BCUT2D eigenvalue weighted by atomic mass is 10.1. The molecule has 3 heterocycles. The predicted molar refractivity (Wildman–Crippen MR) is 125 cm³/mol. The lowest BCUT2D eigenvalue weighted by Crippen LogP contribution is -2.30. The van der Waals surface area contributed by atoms with Crippen molar-refractivity contribution in [2.75, 3.05) is 5.88 Å². The van der Waals surface area contributed by atoms with Gasteiger partial charge in [0.2, 0.25) is 0 Å². The summed E-state index contributed by atoms with van der Waals surface area (Å²) in [6.07, 6.45) is 2.21. The van der Waals surface area contributed by atoms with Crippen LogP contribution in [0.5, 0.6) is 0 Å². The largest absolute Gasteiger partial charge is 0.269 e. The van der Waals surface area contributed by atoms with Gasteiger partial charge in [0.1, 0.15) is 4.83 Å². The van der Waals surface area contributed by atoms with E-state index in [1.807, 2.05) is 35.7 Å². The molecule has 32 heavy (non-hydrogen) atoms. The summed E-state index contributed by atoms with van der Waals surface area (Å²) >= 11 is 2.70. The van der Waals surface area contributed by atoms with Crippen molar-refractivity contribution in [1.29, 1.82) is 0 Å². The van der Waals surface area contributed by atoms with Crippen LogP contribution in [0.1, 0.15) is 45.0 Å². The number of thiophene rings is 1. The fourth-order valence-electron chi connectivity index (χ4n) is 4.07. The number of amides is 2. The van der Waals surface area contributed by atoms with Gasteiger partial charge < -0.3 is 0 Å². The number of imide groups is 1. The van der Waals surface area contributed by atoms with Gasteiger partial charge in [-0.15, -0.1) is 11.3 Å². The topological polar surface area (TPSA) is 72.3 Å². The van der Waals surface area contributed by atoms with Crippen LogP contribution in [0, 0.1) is 0 Å². The second-order valence-corrected chi connectivity index (χ2v) is 9.64. The van der Waals surface area contributed by atoms with E-state index >= 15 is 0 Å². The van der Waals surface area contributed by atoms with Gasteiger partial charge in [-0.2, -0.15) is 0 Å². The first-order valence-electron chi connectivity index (χ1n) is 10.3. The molecule has 0 spiro atoms. The molecular formula is C24H17N3O3S2. The molecule has 2 amide bonds. The van der Waals surface area contributed by atoms with Gasteiger partial charge in [0, 0.05) is 0 Å². The van der Waals surface area contributed by atoms with Crippen molar-refractivity contribution < 1.29 is 9.59 Å². The molecule has 6 nitrogen and oxygen atoms in total. The number of nitrogens with zero attached hydrogens (tertiary/aromatic N) is 3. The summed E-state index contributed by atoms with van der Waals surface area (Å²) in [5.74, 6) is -0.114. The summed E-state index contributed by atoms with van der Waals surface area (Å²) in [6.45, 7) is 0. The molecule has 2 aromatic heterocycles. The summed E-state index contributed by atoms with van der Waals surface area (Å²) in [6, 6.07) is 16.2. The van der Waals surface area contributed by atoms with E-state index in [9.17, 15) is 14.4 Å². The van der Waals surface area contributed by atoms with E-state index in [1.165, 1.54) is 28.0 Å². The summed E-state index contributed by atoms with van der Waals surface area (Å²) in [5, 5.41) is 3.20. The molecule has 0 bridgehead atoms. The highest BCUT2D eigenvalue weighted by atomic mass is 32.2. The minimum atomic E-state index is -0.320. The zero-order valence-electron chi connectivity index (χ0n) is 16.9. The number of para-hydroxylation sites is 1. The van der Waals surface area contributed by atoms with E-state index in [1.54, 1.807) is 28.8 Å². The first kappa shape index (κ1) is 19.5. The molecule has 1 aliphatic heterocycles. The van der Waals surface area contributed by atoms with E-state index in [4.69, 9.17) is 4.98 Å². The molecular weight excluding hydrogens is 442 g/mol. The zero-order chi connectivity index (χ0) is 21.8. The molecule has 0 radical (unpaired) electrons. The van der Waals surface area contributed by atoms with Gasteiger partial charge in [0.05, 0.1) is 28.1 Å². The van der Waals surface area contributed by atoms with Crippen molar-refractivity contribution in [2.45, 2.75) is 23.9 Å². The number of thioether (sulfide) groups is 1. The molecule has 6 rings (SSSR count). The quantitative estimate of drug-likeness (QED) is 0.246. The molecule has 0 atom stereocenters. The number of rotatable bonds is 5. The number of aromatic nitrogens is 2. The van der Waals surface area contributed by atoms with Crippen LogP contribution < -0.4 is 5.56 Å². The van der Waals surface area contributed by atoms with Gasteiger partial charge in [-0.05, 0) is 54.0 Å². The number of hydrogen-bond acceptors (Lipinski definition) is 6. The first-order chi connectivity index (χ1) is 15.6. The molecule has 4 aromatic rings. The monoisotopic (exact) mass is 459 g/mol. The molecule has 158 valence electrons. The number of benzene rings is 2. The van der Waals surface area contributed by atoms with Gasteiger partial charge in [0.25, 0.3) is 17.4 Å². The number of fused-ring (bicyclic) bond motifs is 2. The van der Waals surface area contributed by atoms with E-state index in [0.29, 0.717) is 38.1 Å². The number of carbonyl (C=O) groups is 2. The predicted octanol–water partition coefficient (Wildman–Crippen LogP) is 4.67. The Bertz CT molecular complexity index is 1420. The highest BCUT2D eigenvalue weighted by molar-refractivity contribution is 7.99. The Morgan fingerprint density at radius 2 is 1.59 bits per heavy atom. The van der Waals surface area contributed by atoms with Gasteiger partial charge in [-0.3, -0.25) is 23.9 Å². The van der Waals surface area contributed by atoms with Gasteiger partial charge >= 0.3 is 0 Å². The summed E-state index contributed by atoms with van der Waals surface area (Å²) in [4.78, 5) is 45.9. The SMILES string of the molecule is O=C1c2ccccc2C(=O)N1CSc1nc2scc(C3CC3)c2c(=O)n1-c1ccccc1. The van der Waals surface area contributed by atoms with Crippen molar-refractivity contribution in [3.8, 4) is 5.69 Å². The van der Waals surface area contributed by atoms with Gasteiger partial charge in [-0.25, -0.2) is 4.98 Å². The maximum atomic E-state index is 13.6. The Morgan fingerprint density at radius 3 is 2.25 bits per heavy atom. The molecule has 1 saturated carbocycles. The van der Waals surface area contributed by atoms with Crippen LogP contribution in [0.3, 0.4) is 0 Å². The first-order valence-corrected chi connectivity index (χ1v) is 12.2. The van der Waals surface area contributed by atoms with Crippen molar-refractivity contribution in [1.82, 2.24) is 14.5 Å². The lowest BCUT2D eigenvalue weighted by molar-refractivity contribution is 0.0684. The second-order valence-electron chi connectivity index (χ2n) is 7.87. The maximum absolute atomic E-state index is 13.6. The third-order valence-electron chi connectivity index (χ3n) is 5.84. The lowest BCUT2D eigenvalue weighted by Gasteiger charge is -2.16. The van der Waals surface area contributed by atoms with Crippen molar-refractivity contribution in [3.63, 3.8) is 0 Å². The number of hydrogen-bond donors (Lipinski definition) is 0. The normalized spacial score (nSPS) is 15.6. The Labute approximate surface area is 191 Å². The minimum absolute atomic E-state index is 0.0813. The molecule has 0 saturated heterocycles. The molecule has 0 N–H and O–H groups in total. The molecule has 1 aliphatic carbocycles. The summed E-state index contributed by atoms with van der Waals surface area (Å²) < 4.78 is 1.60. The fraction of sp³-hybridized carbons (Fsp3) is 0.167. The summed E-state index contributed by atoms with van der Waals surface area (Å²) in [5.41, 5.74) is 2.52. The second kappa shape index (κ2) is 7.43.